The van der Waals surface area contributed by atoms with Crippen LogP contribution in [0.5, 0.6) is 5.75 Å². The molecule has 1 aliphatic heterocycles. The minimum Gasteiger partial charge on any atom is -0.486 e. The molecular weight excluding hydrogens is 589 g/mol. The summed E-state index contributed by atoms with van der Waals surface area (Å²) in [5.41, 5.74) is 1.75. The van der Waals surface area contributed by atoms with Crippen LogP contribution in [-0.4, -0.2) is 22.8 Å². The number of halogens is 3. The molecule has 1 aliphatic rings. The summed E-state index contributed by atoms with van der Waals surface area (Å²) in [4.78, 5) is 49.2. The third kappa shape index (κ3) is 5.66. The number of nitro groups is 1. The molecule has 1 fully saturated rings. The fourth-order valence-electron chi connectivity index (χ4n) is 3.50. The van der Waals surface area contributed by atoms with E-state index in [0.29, 0.717) is 16.8 Å². The smallest absolute Gasteiger partial charge is 0.335 e. The number of ether oxygens (including phenoxy) is 1. The van der Waals surface area contributed by atoms with Gasteiger partial charge >= 0.3 is 6.03 Å². The number of nitrogens with one attached hydrogen (secondary N) is 1. The minimum absolute atomic E-state index is 0.0441. The highest BCUT2D eigenvalue weighted by Gasteiger charge is 2.37. The van der Waals surface area contributed by atoms with E-state index in [4.69, 9.17) is 27.9 Å². The molecule has 3 aromatic carbocycles. The van der Waals surface area contributed by atoms with Gasteiger partial charge in [-0.3, -0.25) is 25.0 Å². The van der Waals surface area contributed by atoms with Gasteiger partial charge in [-0.05, 0) is 72.2 Å². The van der Waals surface area contributed by atoms with Crippen LogP contribution in [0.2, 0.25) is 10.0 Å². The average Bonchev–Trinajstić information content (AvgIpc) is 2.83. The summed E-state index contributed by atoms with van der Waals surface area (Å²) < 4.78 is 6.49. The second-order valence-corrected chi connectivity index (χ2v) is 9.59. The van der Waals surface area contributed by atoms with E-state index in [1.54, 1.807) is 37.3 Å². The molecule has 1 N–H and O–H groups in total. The zero-order valence-electron chi connectivity index (χ0n) is 19.0. The number of benzene rings is 3. The second-order valence-electron chi connectivity index (χ2n) is 7.92. The van der Waals surface area contributed by atoms with Gasteiger partial charge in [-0.15, -0.1) is 0 Å². The quantitative estimate of drug-likeness (QED) is 0.154. The van der Waals surface area contributed by atoms with Crippen molar-refractivity contribution in [3.05, 3.63) is 101 Å². The number of anilines is 1. The van der Waals surface area contributed by atoms with Gasteiger partial charge in [0.25, 0.3) is 17.5 Å². The Bertz CT molecular complexity index is 1470. The van der Waals surface area contributed by atoms with Crippen LogP contribution in [0.25, 0.3) is 6.08 Å². The molecule has 0 atom stereocenters. The van der Waals surface area contributed by atoms with Gasteiger partial charge in [0.05, 0.1) is 20.7 Å². The van der Waals surface area contributed by atoms with Crippen molar-refractivity contribution >= 4 is 74.4 Å². The first-order valence-electron chi connectivity index (χ1n) is 10.6. The molecule has 37 heavy (non-hydrogen) atoms. The van der Waals surface area contributed by atoms with Crippen LogP contribution >= 0.6 is 39.1 Å². The van der Waals surface area contributed by atoms with Crippen LogP contribution in [-0.2, 0) is 16.2 Å². The Morgan fingerprint density at radius 1 is 1.05 bits per heavy atom. The number of amides is 4. The normalized spacial score (nSPS) is 14.6. The zero-order valence-corrected chi connectivity index (χ0v) is 22.1. The maximum Gasteiger partial charge on any atom is 0.335 e. The summed E-state index contributed by atoms with van der Waals surface area (Å²) in [5, 5.41) is 13.2. The van der Waals surface area contributed by atoms with E-state index in [-0.39, 0.29) is 33.7 Å². The summed E-state index contributed by atoms with van der Waals surface area (Å²) in [7, 11) is 0. The number of aryl methyl sites for hydroxylation is 1. The van der Waals surface area contributed by atoms with Gasteiger partial charge in [0, 0.05) is 16.6 Å². The standard InChI is InChI=1S/C25H16BrCl2N3O6/c1-13-8-17(6-7-19(13)26)30-24(33)18(23(32)29-25(30)34)9-15-10-20(27)22(21(28)11-15)37-12-14-2-4-16(5-3-14)31(35)36/h2-11H,12H2,1H3,(H,29,32,34)/b18-9+. The molecule has 0 bridgehead atoms. The van der Waals surface area contributed by atoms with Gasteiger partial charge in [0.1, 0.15) is 12.2 Å². The van der Waals surface area contributed by atoms with E-state index in [1.165, 1.54) is 30.3 Å². The van der Waals surface area contributed by atoms with E-state index in [2.05, 4.69) is 21.2 Å². The number of barbiturate groups is 1. The van der Waals surface area contributed by atoms with Crippen molar-refractivity contribution in [2.24, 2.45) is 0 Å². The van der Waals surface area contributed by atoms with Gasteiger partial charge in [-0.25, -0.2) is 9.69 Å². The van der Waals surface area contributed by atoms with E-state index in [0.717, 1.165) is 14.9 Å². The number of nitrogens with zero attached hydrogens (tertiary/aromatic N) is 2. The number of carbonyl (C=O) groups is 3. The lowest BCUT2D eigenvalue weighted by Gasteiger charge is -2.26. The molecule has 9 nitrogen and oxygen atoms in total. The lowest BCUT2D eigenvalue weighted by molar-refractivity contribution is -0.384. The van der Waals surface area contributed by atoms with E-state index in [9.17, 15) is 24.5 Å². The number of rotatable bonds is 6. The van der Waals surface area contributed by atoms with Crippen molar-refractivity contribution < 1.29 is 24.0 Å². The van der Waals surface area contributed by atoms with Crippen LogP contribution in [0.3, 0.4) is 0 Å². The maximum absolute atomic E-state index is 13.1. The summed E-state index contributed by atoms with van der Waals surface area (Å²) in [5.74, 6) is -1.50. The number of hydrogen-bond acceptors (Lipinski definition) is 6. The first kappa shape index (κ1) is 26.3. The molecule has 0 unspecified atom stereocenters. The Morgan fingerprint density at radius 3 is 2.30 bits per heavy atom. The lowest BCUT2D eigenvalue weighted by atomic mass is 10.1. The average molecular weight is 605 g/mol. The van der Waals surface area contributed by atoms with Crippen molar-refractivity contribution in [1.29, 1.82) is 0 Å². The van der Waals surface area contributed by atoms with E-state index < -0.39 is 22.8 Å². The fourth-order valence-corrected chi connectivity index (χ4v) is 4.36. The molecule has 1 heterocycles. The largest absolute Gasteiger partial charge is 0.486 e. The molecule has 4 amide bonds. The van der Waals surface area contributed by atoms with Crippen LogP contribution in [0.15, 0.2) is 64.6 Å². The summed E-state index contributed by atoms with van der Waals surface area (Å²) in [6.45, 7) is 1.85. The van der Waals surface area contributed by atoms with Crippen molar-refractivity contribution in [2.75, 3.05) is 4.90 Å². The molecule has 3 aromatic rings. The minimum atomic E-state index is -0.861. The highest BCUT2D eigenvalue weighted by molar-refractivity contribution is 9.10. The molecule has 0 spiro atoms. The first-order valence-corrected chi connectivity index (χ1v) is 12.1. The molecular formula is C25H16BrCl2N3O6. The molecule has 4 rings (SSSR count). The third-order valence-corrected chi connectivity index (χ3v) is 6.81. The lowest BCUT2D eigenvalue weighted by Crippen LogP contribution is -2.54. The molecule has 1 saturated heterocycles. The SMILES string of the molecule is Cc1cc(N2C(=O)NC(=O)/C(=C\c3cc(Cl)c(OCc4ccc([N+](=O)[O-])cc4)c(Cl)c3)C2=O)ccc1Br. The topological polar surface area (TPSA) is 119 Å². The van der Waals surface area contributed by atoms with Crippen molar-refractivity contribution in [3.63, 3.8) is 0 Å². The summed E-state index contributed by atoms with van der Waals surface area (Å²) in [6, 6.07) is 12.8. The number of carbonyl (C=O) groups excluding carboxylic acids is 3. The van der Waals surface area contributed by atoms with Crippen molar-refractivity contribution in [3.8, 4) is 5.75 Å². The van der Waals surface area contributed by atoms with E-state index >= 15 is 0 Å². The third-order valence-electron chi connectivity index (χ3n) is 5.36. The van der Waals surface area contributed by atoms with Crippen LogP contribution in [0, 0.1) is 17.0 Å². The predicted molar refractivity (Wildman–Crippen MR) is 142 cm³/mol. The van der Waals surface area contributed by atoms with Gasteiger partial charge in [-0.2, -0.15) is 0 Å². The van der Waals surface area contributed by atoms with Crippen molar-refractivity contribution in [1.82, 2.24) is 5.32 Å². The Hall–Kier alpha value is -3.73. The number of imide groups is 2. The van der Waals surface area contributed by atoms with Crippen LogP contribution in [0.1, 0.15) is 16.7 Å². The van der Waals surface area contributed by atoms with Gasteiger partial charge in [0.2, 0.25) is 0 Å². The highest BCUT2D eigenvalue weighted by Crippen LogP contribution is 2.36. The number of non-ortho nitro benzene ring substituents is 1. The molecule has 0 aliphatic carbocycles. The number of nitro benzene ring substituents is 1. The van der Waals surface area contributed by atoms with Crippen LogP contribution in [0.4, 0.5) is 16.2 Å². The fraction of sp³-hybridized carbons (Fsp3) is 0.0800. The van der Waals surface area contributed by atoms with Gasteiger partial charge < -0.3 is 4.74 Å². The molecule has 188 valence electrons. The Kier molecular flexibility index (Phi) is 7.63. The monoisotopic (exact) mass is 603 g/mol. The maximum atomic E-state index is 13.1. The Morgan fingerprint density at radius 2 is 1.70 bits per heavy atom. The van der Waals surface area contributed by atoms with Crippen molar-refractivity contribution in [2.45, 2.75) is 13.5 Å². The molecule has 0 saturated carbocycles. The van der Waals surface area contributed by atoms with Crippen LogP contribution < -0.4 is 15.0 Å². The Labute approximate surface area is 228 Å². The van der Waals surface area contributed by atoms with E-state index in [1.807, 2.05) is 0 Å². The first-order chi connectivity index (χ1) is 17.5. The molecule has 12 heteroatoms. The second kappa shape index (κ2) is 10.7. The zero-order chi connectivity index (χ0) is 26.9. The predicted octanol–water partition coefficient (Wildman–Crippen LogP) is 6.22. The van der Waals surface area contributed by atoms with Gasteiger partial charge in [-0.1, -0.05) is 39.1 Å². The van der Waals surface area contributed by atoms with Gasteiger partial charge in [0.15, 0.2) is 5.75 Å². The number of hydrogen-bond donors (Lipinski definition) is 1. The highest BCUT2D eigenvalue weighted by atomic mass is 79.9. The summed E-state index contributed by atoms with van der Waals surface area (Å²) >= 11 is 16.1. The molecule has 0 radical (unpaired) electrons. The summed E-state index contributed by atoms with van der Waals surface area (Å²) in [6.07, 6.45) is 1.28. The number of urea groups is 1. The Balaban J connectivity index is 1.58. The molecule has 0 aromatic heterocycles.